The van der Waals surface area contributed by atoms with Gasteiger partial charge in [-0.25, -0.2) is 4.98 Å². The van der Waals surface area contributed by atoms with E-state index in [0.717, 1.165) is 69.7 Å². The summed E-state index contributed by atoms with van der Waals surface area (Å²) in [6.45, 7) is 5.72. The Kier molecular flexibility index (Phi) is 5.02. The van der Waals surface area contributed by atoms with E-state index in [-0.39, 0.29) is 11.5 Å². The summed E-state index contributed by atoms with van der Waals surface area (Å²) in [5.41, 5.74) is 1.22. The van der Waals surface area contributed by atoms with E-state index in [1.54, 1.807) is 0 Å². The van der Waals surface area contributed by atoms with Gasteiger partial charge in [0.15, 0.2) is 0 Å². The Hall–Kier alpha value is -1.40. The minimum absolute atomic E-state index is 0.180. The molecule has 0 saturated carbocycles. The maximum atomic E-state index is 11.7. The van der Waals surface area contributed by atoms with Crippen molar-refractivity contribution in [3.63, 3.8) is 0 Å². The van der Waals surface area contributed by atoms with Crippen LogP contribution in [-0.2, 0) is 17.8 Å². The number of carboxylic acid groups (broad SMARTS) is 1. The van der Waals surface area contributed by atoms with E-state index in [4.69, 9.17) is 0 Å². The lowest BCUT2D eigenvalue weighted by molar-refractivity contribution is -0.142. The molecule has 0 radical (unpaired) electrons. The Balaban J connectivity index is 1.67. The van der Waals surface area contributed by atoms with Gasteiger partial charge in [-0.05, 0) is 44.2 Å². The van der Waals surface area contributed by atoms with Crippen LogP contribution in [0.1, 0.15) is 50.5 Å². The minimum Gasteiger partial charge on any atom is -0.480 e. The highest BCUT2D eigenvalue weighted by Crippen LogP contribution is 2.42. The van der Waals surface area contributed by atoms with Crippen molar-refractivity contribution in [2.75, 3.05) is 19.6 Å². The molecule has 3 N–H and O–H groups in total. The van der Waals surface area contributed by atoms with Gasteiger partial charge in [-0.1, -0.05) is 13.3 Å². The number of piperidine rings is 1. The highest BCUT2D eigenvalue weighted by molar-refractivity contribution is 5.74. The average molecular weight is 320 g/mol. The second kappa shape index (κ2) is 7.01. The fraction of sp³-hybridized carbons (Fsp3) is 0.765. The number of aromatic amines is 1. The Labute approximate surface area is 137 Å². The number of nitrogens with one attached hydrogen (secondary N) is 2. The third kappa shape index (κ3) is 3.75. The molecule has 0 aliphatic carbocycles. The molecule has 3 heterocycles. The summed E-state index contributed by atoms with van der Waals surface area (Å²) >= 11 is 0. The predicted octanol–water partition coefficient (Wildman–Crippen LogP) is 1.78. The first-order chi connectivity index (χ1) is 11.1. The van der Waals surface area contributed by atoms with Crippen molar-refractivity contribution >= 4 is 5.97 Å². The summed E-state index contributed by atoms with van der Waals surface area (Å²) in [4.78, 5) is 21.6. The summed E-state index contributed by atoms with van der Waals surface area (Å²) in [7, 11) is 0. The average Bonchev–Trinajstić information content (AvgIpc) is 3.12. The molecule has 1 spiro atoms. The number of unbranched alkanes of at least 4 members (excludes halogenated alkanes) is 1. The number of H-pyrrole nitrogens is 1. The number of aromatic nitrogens is 2. The van der Waals surface area contributed by atoms with E-state index < -0.39 is 5.97 Å². The third-order valence-electron chi connectivity index (χ3n) is 5.38. The number of rotatable bonds is 6. The second-order valence-corrected chi connectivity index (χ2v) is 7.17. The van der Waals surface area contributed by atoms with Crippen LogP contribution in [0.15, 0.2) is 6.20 Å². The summed E-state index contributed by atoms with van der Waals surface area (Å²) < 4.78 is 0. The van der Waals surface area contributed by atoms with Crippen molar-refractivity contribution in [3.05, 3.63) is 17.7 Å². The van der Waals surface area contributed by atoms with E-state index in [2.05, 4.69) is 27.1 Å². The van der Waals surface area contributed by atoms with E-state index in [1.807, 2.05) is 6.20 Å². The number of aliphatic carboxylic acids is 1. The Morgan fingerprint density at radius 2 is 2.26 bits per heavy atom. The van der Waals surface area contributed by atoms with E-state index in [0.29, 0.717) is 6.54 Å². The number of likely N-dealkylation sites (tertiary alicyclic amines) is 1. The maximum absolute atomic E-state index is 11.7. The topological polar surface area (TPSA) is 81.2 Å². The molecule has 6 heteroatoms. The van der Waals surface area contributed by atoms with Crippen molar-refractivity contribution in [1.82, 2.24) is 20.2 Å². The number of imidazole rings is 1. The van der Waals surface area contributed by atoms with Gasteiger partial charge >= 0.3 is 5.97 Å². The number of hydrogen-bond donors (Lipinski definition) is 3. The molecule has 1 atom stereocenters. The summed E-state index contributed by atoms with van der Waals surface area (Å²) in [5, 5.41) is 13.0. The number of nitrogens with zero attached hydrogens (tertiary/aromatic N) is 2. The van der Waals surface area contributed by atoms with Crippen molar-refractivity contribution in [3.8, 4) is 0 Å². The Morgan fingerprint density at radius 1 is 1.48 bits per heavy atom. The van der Waals surface area contributed by atoms with Crippen LogP contribution in [0.25, 0.3) is 0 Å². The molecule has 0 aromatic carbocycles. The van der Waals surface area contributed by atoms with Crippen LogP contribution < -0.4 is 5.32 Å². The first-order valence-electron chi connectivity index (χ1n) is 8.82. The van der Waals surface area contributed by atoms with Gasteiger partial charge in [-0.15, -0.1) is 0 Å². The van der Waals surface area contributed by atoms with Gasteiger partial charge in [-0.2, -0.15) is 0 Å². The van der Waals surface area contributed by atoms with Crippen LogP contribution in [0, 0.1) is 5.41 Å². The van der Waals surface area contributed by atoms with Gasteiger partial charge in [-0.3, -0.25) is 9.69 Å². The molecule has 0 bridgehead atoms. The fourth-order valence-electron chi connectivity index (χ4n) is 4.05. The van der Waals surface area contributed by atoms with E-state index >= 15 is 0 Å². The molecule has 1 unspecified atom stereocenters. The predicted molar refractivity (Wildman–Crippen MR) is 88.2 cm³/mol. The van der Waals surface area contributed by atoms with Crippen LogP contribution in [0.5, 0.6) is 0 Å². The lowest BCUT2D eigenvalue weighted by Crippen LogP contribution is -2.38. The molecular weight excluding hydrogens is 292 g/mol. The molecule has 128 valence electrons. The number of carbonyl (C=O) groups is 1. The SMILES string of the molecule is CCCCc1ncc(CN2CC3(CCNCC3)CC2C(=O)O)[nH]1. The lowest BCUT2D eigenvalue weighted by Gasteiger charge is -2.33. The quantitative estimate of drug-likeness (QED) is 0.744. The molecule has 2 aliphatic heterocycles. The zero-order chi connectivity index (χ0) is 16.3. The molecule has 6 nitrogen and oxygen atoms in total. The standard InChI is InChI=1S/C17H28N4O2/c1-2-3-4-15-19-10-13(20-15)11-21-12-17(5-7-18-8-6-17)9-14(21)16(22)23/h10,14,18H,2-9,11-12H2,1H3,(H,19,20)(H,22,23). The first-order valence-corrected chi connectivity index (χ1v) is 8.82. The van der Waals surface area contributed by atoms with Crippen LogP contribution >= 0.6 is 0 Å². The Bertz CT molecular complexity index is 536. The first kappa shape index (κ1) is 16.5. The van der Waals surface area contributed by atoms with Crippen LogP contribution in [0.2, 0.25) is 0 Å². The highest BCUT2D eigenvalue weighted by Gasteiger charge is 2.47. The van der Waals surface area contributed by atoms with E-state index in [9.17, 15) is 9.90 Å². The highest BCUT2D eigenvalue weighted by atomic mass is 16.4. The largest absolute Gasteiger partial charge is 0.480 e. The zero-order valence-electron chi connectivity index (χ0n) is 14.0. The summed E-state index contributed by atoms with van der Waals surface area (Å²) in [6, 6.07) is -0.365. The molecule has 2 aliphatic rings. The van der Waals surface area contributed by atoms with Gasteiger partial charge in [0.05, 0.1) is 0 Å². The lowest BCUT2D eigenvalue weighted by atomic mass is 9.77. The van der Waals surface area contributed by atoms with Gasteiger partial charge in [0.2, 0.25) is 0 Å². The normalized spacial score (nSPS) is 24.3. The molecule has 0 amide bonds. The molecule has 2 fully saturated rings. The van der Waals surface area contributed by atoms with Gasteiger partial charge < -0.3 is 15.4 Å². The van der Waals surface area contributed by atoms with Crippen LogP contribution in [0.3, 0.4) is 0 Å². The second-order valence-electron chi connectivity index (χ2n) is 7.17. The minimum atomic E-state index is -0.689. The summed E-state index contributed by atoms with van der Waals surface area (Å²) in [6.07, 6.45) is 8.06. The van der Waals surface area contributed by atoms with E-state index in [1.165, 1.54) is 0 Å². The van der Waals surface area contributed by atoms with Crippen molar-refractivity contribution in [2.24, 2.45) is 5.41 Å². The number of hydrogen-bond acceptors (Lipinski definition) is 4. The smallest absolute Gasteiger partial charge is 0.320 e. The number of aryl methyl sites for hydroxylation is 1. The van der Waals surface area contributed by atoms with Crippen molar-refractivity contribution in [1.29, 1.82) is 0 Å². The van der Waals surface area contributed by atoms with Crippen LogP contribution in [0.4, 0.5) is 0 Å². The van der Waals surface area contributed by atoms with Gasteiger partial charge in [0.1, 0.15) is 11.9 Å². The van der Waals surface area contributed by atoms with Crippen LogP contribution in [-0.4, -0.2) is 51.6 Å². The zero-order valence-corrected chi connectivity index (χ0v) is 14.0. The number of carboxylic acids is 1. The molecule has 23 heavy (non-hydrogen) atoms. The Morgan fingerprint density at radius 3 is 2.96 bits per heavy atom. The maximum Gasteiger partial charge on any atom is 0.320 e. The molecule has 1 aromatic heterocycles. The fourth-order valence-corrected chi connectivity index (χ4v) is 4.05. The van der Waals surface area contributed by atoms with Gasteiger partial charge in [0, 0.05) is 31.4 Å². The molecule has 2 saturated heterocycles. The van der Waals surface area contributed by atoms with Crippen molar-refractivity contribution < 1.29 is 9.90 Å². The van der Waals surface area contributed by atoms with Gasteiger partial charge in [0.25, 0.3) is 0 Å². The summed E-state index contributed by atoms with van der Waals surface area (Å²) in [5.74, 6) is 0.329. The molecule has 1 aromatic rings. The third-order valence-corrected chi connectivity index (χ3v) is 5.38. The monoisotopic (exact) mass is 320 g/mol. The molecule has 3 rings (SSSR count). The molecular formula is C17H28N4O2. The van der Waals surface area contributed by atoms with Crippen molar-refractivity contribution in [2.45, 2.75) is 58.0 Å².